The molecule has 1 aliphatic rings. The summed E-state index contributed by atoms with van der Waals surface area (Å²) in [5.41, 5.74) is 0.342. The van der Waals surface area contributed by atoms with Gasteiger partial charge in [-0.1, -0.05) is 6.07 Å². The Morgan fingerprint density at radius 1 is 1.28 bits per heavy atom. The Morgan fingerprint density at radius 3 is 2.72 bits per heavy atom. The predicted molar refractivity (Wildman–Crippen MR) is 83.2 cm³/mol. The van der Waals surface area contributed by atoms with Crippen LogP contribution in [0.2, 0.25) is 0 Å². The molecule has 2 aromatic rings. The van der Waals surface area contributed by atoms with Gasteiger partial charge in [0.1, 0.15) is 5.56 Å². The van der Waals surface area contributed by atoms with Crippen molar-refractivity contribution in [3.05, 3.63) is 52.9 Å². The quantitative estimate of drug-likeness (QED) is 0.859. The van der Waals surface area contributed by atoms with E-state index >= 15 is 0 Å². The minimum atomic E-state index is -0.988. The van der Waals surface area contributed by atoms with E-state index in [1.165, 1.54) is 21.7 Å². The average Bonchev–Trinajstić information content (AvgIpc) is 2.91. The highest BCUT2D eigenvalue weighted by molar-refractivity contribution is 6.02. The molecule has 0 spiro atoms. The third-order valence-electron chi connectivity index (χ3n) is 4.00. The highest BCUT2D eigenvalue weighted by atomic mass is 19.2. The van der Waals surface area contributed by atoms with Gasteiger partial charge in [0.2, 0.25) is 0 Å². The van der Waals surface area contributed by atoms with Gasteiger partial charge < -0.3 is 19.3 Å². The van der Waals surface area contributed by atoms with Crippen LogP contribution in [0.1, 0.15) is 33.3 Å². The first-order valence-electron chi connectivity index (χ1n) is 7.74. The molecule has 0 radical (unpaired) electrons. The van der Waals surface area contributed by atoms with Gasteiger partial charge in [0.05, 0.1) is 6.61 Å². The van der Waals surface area contributed by atoms with Crippen LogP contribution < -0.4 is 0 Å². The lowest BCUT2D eigenvalue weighted by Gasteiger charge is -2.28. The Bertz CT molecular complexity index is 847. The average molecular weight is 350 g/mol. The molecule has 2 heterocycles. The van der Waals surface area contributed by atoms with E-state index in [1.54, 1.807) is 6.92 Å². The third-order valence-corrected chi connectivity index (χ3v) is 4.00. The Kier molecular flexibility index (Phi) is 4.43. The number of halogens is 2. The van der Waals surface area contributed by atoms with E-state index in [2.05, 4.69) is 0 Å². The van der Waals surface area contributed by atoms with Crippen LogP contribution in [0.15, 0.2) is 24.4 Å². The van der Waals surface area contributed by atoms with Crippen molar-refractivity contribution in [2.75, 3.05) is 13.2 Å². The number of amides is 1. The van der Waals surface area contributed by atoms with Gasteiger partial charge in [0, 0.05) is 25.8 Å². The van der Waals surface area contributed by atoms with E-state index in [0.717, 1.165) is 12.1 Å². The fourth-order valence-corrected chi connectivity index (χ4v) is 2.79. The van der Waals surface area contributed by atoms with Crippen molar-refractivity contribution in [3.63, 3.8) is 0 Å². The summed E-state index contributed by atoms with van der Waals surface area (Å²) in [5.74, 6) is -3.58. The van der Waals surface area contributed by atoms with Gasteiger partial charge in [-0.2, -0.15) is 0 Å². The number of hydrogen-bond donors (Lipinski definition) is 1. The van der Waals surface area contributed by atoms with Crippen molar-refractivity contribution >= 4 is 11.9 Å². The van der Waals surface area contributed by atoms with Crippen LogP contribution in [0.4, 0.5) is 8.78 Å². The second-order valence-corrected chi connectivity index (χ2v) is 5.63. The molecular formula is C17H16F2N2O4. The third kappa shape index (κ3) is 3.07. The molecule has 0 fully saturated rings. The summed E-state index contributed by atoms with van der Waals surface area (Å²) in [7, 11) is 0. The van der Waals surface area contributed by atoms with Gasteiger partial charge in [-0.15, -0.1) is 0 Å². The number of nitrogens with zero attached hydrogens (tertiary/aromatic N) is 2. The van der Waals surface area contributed by atoms with Gasteiger partial charge in [0.15, 0.2) is 23.1 Å². The monoisotopic (exact) mass is 350 g/mol. The molecule has 0 atom stereocenters. The van der Waals surface area contributed by atoms with E-state index in [1.807, 2.05) is 0 Å². The highest BCUT2D eigenvalue weighted by Gasteiger charge is 2.32. The molecule has 1 aliphatic heterocycles. The minimum absolute atomic E-state index is 0.0168. The Balaban J connectivity index is 1.85. The molecule has 0 aliphatic carbocycles. The number of ether oxygens (including phenoxy) is 1. The smallest absolute Gasteiger partial charge is 0.343 e. The topological polar surface area (TPSA) is 71.8 Å². The second-order valence-electron chi connectivity index (χ2n) is 5.63. The highest BCUT2D eigenvalue weighted by Crippen LogP contribution is 2.30. The van der Waals surface area contributed by atoms with Crippen molar-refractivity contribution in [2.24, 2.45) is 0 Å². The maximum Gasteiger partial charge on any atom is 0.343 e. The number of carbonyl (C=O) groups excluding carboxylic acids is 2. The molecule has 0 unspecified atom stereocenters. The number of aromatic nitrogens is 1. The fourth-order valence-electron chi connectivity index (χ4n) is 2.79. The number of benzene rings is 1. The summed E-state index contributed by atoms with van der Waals surface area (Å²) in [6.45, 7) is 2.52. The first-order valence-corrected chi connectivity index (χ1v) is 7.74. The first kappa shape index (κ1) is 16.9. The molecule has 1 amide bonds. The van der Waals surface area contributed by atoms with Gasteiger partial charge in [-0.3, -0.25) is 4.79 Å². The van der Waals surface area contributed by atoms with Crippen LogP contribution in [0.3, 0.4) is 0 Å². The van der Waals surface area contributed by atoms with Crippen molar-refractivity contribution in [3.8, 4) is 5.75 Å². The minimum Gasteiger partial charge on any atom is -0.505 e. The fraction of sp³-hybridized carbons (Fsp3) is 0.294. The maximum absolute atomic E-state index is 13.3. The van der Waals surface area contributed by atoms with Gasteiger partial charge >= 0.3 is 5.97 Å². The molecule has 3 rings (SSSR count). The second kappa shape index (κ2) is 6.54. The van der Waals surface area contributed by atoms with E-state index in [9.17, 15) is 23.5 Å². The number of esters is 1. The molecule has 8 heteroatoms. The van der Waals surface area contributed by atoms with E-state index in [4.69, 9.17) is 4.74 Å². The molecule has 0 bridgehead atoms. The lowest BCUT2D eigenvalue weighted by Crippen LogP contribution is -2.39. The largest absolute Gasteiger partial charge is 0.505 e. The number of aromatic hydroxyl groups is 1. The van der Waals surface area contributed by atoms with Crippen LogP contribution in [-0.2, 0) is 17.8 Å². The van der Waals surface area contributed by atoms with Crippen molar-refractivity contribution in [1.82, 2.24) is 9.47 Å². The summed E-state index contributed by atoms with van der Waals surface area (Å²) in [6, 6.07) is 3.42. The van der Waals surface area contributed by atoms with Crippen LogP contribution in [0.25, 0.3) is 0 Å². The summed E-state index contributed by atoms with van der Waals surface area (Å²) in [6.07, 6.45) is 1.38. The zero-order chi connectivity index (χ0) is 18.1. The maximum atomic E-state index is 13.3. The van der Waals surface area contributed by atoms with Crippen molar-refractivity contribution < 1.29 is 28.2 Å². The Labute approximate surface area is 142 Å². The van der Waals surface area contributed by atoms with E-state index in [0.29, 0.717) is 18.7 Å². The van der Waals surface area contributed by atoms with Gasteiger partial charge in [-0.25, -0.2) is 13.6 Å². The van der Waals surface area contributed by atoms with Gasteiger partial charge in [-0.05, 0) is 24.6 Å². The number of hydrogen-bond acceptors (Lipinski definition) is 4. The first-order chi connectivity index (χ1) is 11.9. The molecule has 132 valence electrons. The van der Waals surface area contributed by atoms with Crippen LogP contribution in [0.5, 0.6) is 5.75 Å². The summed E-state index contributed by atoms with van der Waals surface area (Å²) in [5, 5.41) is 10.2. The zero-order valence-corrected chi connectivity index (χ0v) is 13.5. The standard InChI is InChI=1S/C17H16F2N2O4/c1-2-25-17(24)11-9-20-5-6-21(16(23)14(20)15(11)22)8-10-3-4-12(18)13(19)7-10/h3-4,7,9,22H,2,5-6,8H2,1H3. The van der Waals surface area contributed by atoms with Gasteiger partial charge in [0.25, 0.3) is 5.91 Å². The Morgan fingerprint density at radius 2 is 2.04 bits per heavy atom. The molecule has 25 heavy (non-hydrogen) atoms. The van der Waals surface area contributed by atoms with Crippen molar-refractivity contribution in [1.29, 1.82) is 0 Å². The lowest BCUT2D eigenvalue weighted by molar-refractivity contribution is 0.0523. The number of fused-ring (bicyclic) bond motifs is 1. The van der Waals surface area contributed by atoms with Crippen LogP contribution in [-0.4, -0.2) is 39.6 Å². The molecule has 1 aromatic heterocycles. The SMILES string of the molecule is CCOC(=O)c1cn2c(c1O)C(=O)N(Cc1ccc(F)c(F)c1)CC2. The molecule has 0 saturated carbocycles. The van der Waals surface area contributed by atoms with Crippen LogP contribution >= 0.6 is 0 Å². The van der Waals surface area contributed by atoms with Crippen molar-refractivity contribution in [2.45, 2.75) is 20.0 Å². The zero-order valence-electron chi connectivity index (χ0n) is 13.5. The van der Waals surface area contributed by atoms with E-state index in [-0.39, 0.29) is 24.4 Å². The molecule has 1 N–H and O–H groups in total. The van der Waals surface area contributed by atoms with E-state index < -0.39 is 29.3 Å². The normalized spacial score (nSPS) is 13.7. The number of carbonyl (C=O) groups is 2. The van der Waals surface area contributed by atoms with Crippen LogP contribution in [0, 0.1) is 11.6 Å². The molecule has 6 nitrogen and oxygen atoms in total. The summed E-state index contributed by atoms with van der Waals surface area (Å²) < 4.78 is 32.7. The summed E-state index contributed by atoms with van der Waals surface area (Å²) in [4.78, 5) is 25.8. The Hall–Kier alpha value is -2.90. The summed E-state index contributed by atoms with van der Waals surface area (Å²) >= 11 is 0. The predicted octanol–water partition coefficient (Wildman–Crippen LogP) is 2.30. The molecule has 0 saturated heterocycles. The molecular weight excluding hydrogens is 334 g/mol. The number of rotatable bonds is 4. The molecule has 1 aromatic carbocycles. The lowest BCUT2D eigenvalue weighted by atomic mass is 10.1.